The number of methoxy groups -OCH3 is 1. The topological polar surface area (TPSA) is 114 Å². The van der Waals surface area contributed by atoms with Gasteiger partial charge in [-0.15, -0.1) is 0 Å². The van der Waals surface area contributed by atoms with E-state index in [1.807, 2.05) is 0 Å². The van der Waals surface area contributed by atoms with Crippen LogP contribution in [0.1, 0.15) is 57.8 Å². The van der Waals surface area contributed by atoms with Crippen LogP contribution in [0.25, 0.3) is 11.2 Å². The summed E-state index contributed by atoms with van der Waals surface area (Å²) in [4.78, 5) is 22.0. The van der Waals surface area contributed by atoms with Gasteiger partial charge in [-0.05, 0) is 57.2 Å². The summed E-state index contributed by atoms with van der Waals surface area (Å²) >= 11 is 0. The predicted molar refractivity (Wildman–Crippen MR) is 151 cm³/mol. The van der Waals surface area contributed by atoms with Crippen LogP contribution in [0.5, 0.6) is 5.75 Å². The van der Waals surface area contributed by atoms with Crippen molar-refractivity contribution >= 4 is 34.3 Å². The number of H-pyrrole nitrogens is 1. The highest BCUT2D eigenvalue weighted by atomic mass is 16.5. The van der Waals surface area contributed by atoms with E-state index in [0.29, 0.717) is 23.7 Å². The Morgan fingerprint density at radius 3 is 2.63 bits per heavy atom. The van der Waals surface area contributed by atoms with Gasteiger partial charge in [-0.2, -0.15) is 9.97 Å². The van der Waals surface area contributed by atoms with Crippen LogP contribution in [0.3, 0.4) is 0 Å². The number of aromatic amines is 1. The van der Waals surface area contributed by atoms with Gasteiger partial charge in [-0.1, -0.05) is 19.3 Å². The number of imidazole rings is 1. The van der Waals surface area contributed by atoms with Crippen LogP contribution in [0.15, 0.2) is 24.5 Å². The van der Waals surface area contributed by atoms with E-state index in [1.54, 1.807) is 13.4 Å². The minimum atomic E-state index is -0.164. The summed E-state index contributed by atoms with van der Waals surface area (Å²) in [7, 11) is 1.70. The molecule has 204 valence electrons. The summed E-state index contributed by atoms with van der Waals surface area (Å²) in [5.74, 6) is 2.04. The molecule has 38 heavy (non-hydrogen) atoms. The summed E-state index contributed by atoms with van der Waals surface area (Å²) < 4.78 is 5.78. The Balaban J connectivity index is 1.15. The number of β-amino-alcohol motifs (C(OH)–C–C–N with tert-alkyl or cyclic N) is 1. The molecule has 0 spiro atoms. The number of aromatic nitrogens is 4. The number of anilines is 4. The predicted octanol–water partition coefficient (Wildman–Crippen LogP) is 4.28. The molecular formula is C28H40N8O2. The number of aliphatic hydroxyl groups excluding tert-OH is 1. The molecule has 1 unspecified atom stereocenters. The van der Waals surface area contributed by atoms with E-state index >= 15 is 0 Å². The summed E-state index contributed by atoms with van der Waals surface area (Å²) in [6.07, 6.45) is 11.9. The quantitative estimate of drug-likeness (QED) is 0.362. The lowest BCUT2D eigenvalue weighted by Gasteiger charge is -2.42. The van der Waals surface area contributed by atoms with Gasteiger partial charge in [-0.25, -0.2) is 4.98 Å². The molecule has 0 amide bonds. The highest BCUT2D eigenvalue weighted by Crippen LogP contribution is 2.34. The van der Waals surface area contributed by atoms with Gasteiger partial charge in [0.25, 0.3) is 0 Å². The molecule has 3 fully saturated rings. The molecule has 1 atom stereocenters. The molecule has 10 heteroatoms. The summed E-state index contributed by atoms with van der Waals surface area (Å²) in [6.45, 7) is 3.94. The molecule has 1 saturated carbocycles. The van der Waals surface area contributed by atoms with Crippen molar-refractivity contribution in [2.24, 2.45) is 0 Å². The minimum Gasteiger partial charge on any atom is -0.494 e. The number of fused-ring (bicyclic) bond motifs is 1. The fourth-order valence-corrected chi connectivity index (χ4v) is 6.34. The first-order valence-corrected chi connectivity index (χ1v) is 14.3. The molecule has 2 saturated heterocycles. The van der Waals surface area contributed by atoms with Crippen LogP contribution in [-0.2, 0) is 0 Å². The van der Waals surface area contributed by atoms with E-state index in [4.69, 9.17) is 9.72 Å². The van der Waals surface area contributed by atoms with Crippen molar-refractivity contribution in [2.45, 2.75) is 76.0 Å². The Morgan fingerprint density at radius 2 is 1.84 bits per heavy atom. The van der Waals surface area contributed by atoms with Gasteiger partial charge in [0.2, 0.25) is 5.95 Å². The summed E-state index contributed by atoms with van der Waals surface area (Å²) in [6, 6.07) is 7.28. The monoisotopic (exact) mass is 520 g/mol. The lowest BCUT2D eigenvalue weighted by Crippen LogP contribution is -2.49. The third kappa shape index (κ3) is 5.51. The first-order chi connectivity index (χ1) is 18.7. The Bertz CT molecular complexity index is 1220. The largest absolute Gasteiger partial charge is 0.494 e. The van der Waals surface area contributed by atoms with Gasteiger partial charge in [0.1, 0.15) is 11.3 Å². The third-order valence-electron chi connectivity index (χ3n) is 8.43. The van der Waals surface area contributed by atoms with Gasteiger partial charge in [0.15, 0.2) is 11.5 Å². The van der Waals surface area contributed by atoms with Crippen LogP contribution in [-0.4, -0.2) is 81.4 Å². The molecule has 10 nitrogen and oxygen atoms in total. The highest BCUT2D eigenvalue weighted by molar-refractivity contribution is 5.84. The Morgan fingerprint density at radius 1 is 1.00 bits per heavy atom. The molecule has 2 aliphatic heterocycles. The highest BCUT2D eigenvalue weighted by Gasteiger charge is 2.28. The summed E-state index contributed by atoms with van der Waals surface area (Å²) in [5.41, 5.74) is 3.47. The number of nitrogens with zero attached hydrogens (tertiary/aromatic N) is 5. The van der Waals surface area contributed by atoms with E-state index in [0.717, 1.165) is 93.2 Å². The molecular weight excluding hydrogens is 480 g/mol. The number of ether oxygens (including phenoxy) is 1. The zero-order chi connectivity index (χ0) is 25.9. The zero-order valence-corrected chi connectivity index (χ0v) is 22.3. The van der Waals surface area contributed by atoms with Crippen molar-refractivity contribution in [2.75, 3.05) is 48.8 Å². The van der Waals surface area contributed by atoms with Crippen LogP contribution in [0.2, 0.25) is 0 Å². The average molecular weight is 521 g/mol. The van der Waals surface area contributed by atoms with E-state index in [1.165, 1.54) is 19.3 Å². The van der Waals surface area contributed by atoms with Crippen molar-refractivity contribution in [3.05, 3.63) is 24.5 Å². The van der Waals surface area contributed by atoms with Gasteiger partial charge in [0.05, 0.1) is 25.2 Å². The van der Waals surface area contributed by atoms with Crippen LogP contribution >= 0.6 is 0 Å². The SMILES string of the molecule is COc1cc(N2CCC(N3CCCC(O)C3)CC2)ccc1Nc1nc(NC2CCCCC2)c2nc[nH]c2n1. The first-order valence-electron chi connectivity index (χ1n) is 14.3. The number of benzene rings is 1. The van der Waals surface area contributed by atoms with E-state index in [2.05, 4.69) is 53.6 Å². The molecule has 4 heterocycles. The second-order valence-corrected chi connectivity index (χ2v) is 11.0. The summed E-state index contributed by atoms with van der Waals surface area (Å²) in [5, 5.41) is 17.1. The van der Waals surface area contributed by atoms with Gasteiger partial charge < -0.3 is 30.4 Å². The number of hydrogen-bond acceptors (Lipinski definition) is 9. The Labute approximate surface area is 224 Å². The second kappa shape index (κ2) is 11.3. The standard InChI is InChI=1S/C28H40N8O2/c1-38-24-16-21(35-14-11-20(12-15-35)36-13-5-8-22(37)17-36)9-10-23(24)32-28-33-26-25(29-18-30-26)27(34-28)31-19-6-3-2-4-7-19/h9-10,16,18-20,22,37H,2-8,11-15,17H2,1H3,(H3,29,30,31,32,33,34). The first kappa shape index (κ1) is 25.2. The Kier molecular flexibility index (Phi) is 7.51. The third-order valence-corrected chi connectivity index (χ3v) is 8.43. The van der Waals surface area contributed by atoms with Crippen LogP contribution in [0.4, 0.5) is 23.1 Å². The number of hydrogen-bond donors (Lipinski definition) is 4. The number of aliphatic hydroxyl groups is 1. The number of rotatable bonds is 7. The Hall–Kier alpha value is -3.11. The average Bonchev–Trinajstić information content (AvgIpc) is 3.43. The van der Waals surface area contributed by atoms with Crippen molar-refractivity contribution < 1.29 is 9.84 Å². The molecule has 2 aromatic heterocycles. The second-order valence-electron chi connectivity index (χ2n) is 11.0. The molecule has 4 N–H and O–H groups in total. The molecule has 1 aromatic carbocycles. The fourth-order valence-electron chi connectivity index (χ4n) is 6.34. The fraction of sp³-hybridized carbons (Fsp3) is 0.607. The molecule has 6 rings (SSSR count). The maximum absolute atomic E-state index is 10.1. The maximum atomic E-state index is 10.1. The minimum absolute atomic E-state index is 0.164. The van der Waals surface area contributed by atoms with Crippen LogP contribution < -0.4 is 20.3 Å². The van der Waals surface area contributed by atoms with Crippen molar-refractivity contribution in [1.82, 2.24) is 24.8 Å². The van der Waals surface area contributed by atoms with Crippen LogP contribution in [0, 0.1) is 0 Å². The number of nitrogens with one attached hydrogen (secondary N) is 3. The van der Waals surface area contributed by atoms with Gasteiger partial charge in [-0.3, -0.25) is 4.90 Å². The number of likely N-dealkylation sites (tertiary alicyclic amines) is 1. The smallest absolute Gasteiger partial charge is 0.231 e. The molecule has 0 radical (unpaired) electrons. The van der Waals surface area contributed by atoms with Gasteiger partial charge >= 0.3 is 0 Å². The molecule has 1 aliphatic carbocycles. The van der Waals surface area contributed by atoms with E-state index in [-0.39, 0.29) is 6.10 Å². The zero-order valence-electron chi connectivity index (χ0n) is 22.3. The number of piperidine rings is 2. The van der Waals surface area contributed by atoms with Crippen molar-refractivity contribution in [3.8, 4) is 5.75 Å². The normalized spacial score (nSPS) is 22.1. The van der Waals surface area contributed by atoms with E-state index < -0.39 is 0 Å². The lowest BCUT2D eigenvalue weighted by atomic mass is 9.95. The molecule has 3 aliphatic rings. The molecule has 0 bridgehead atoms. The lowest BCUT2D eigenvalue weighted by molar-refractivity contribution is 0.0398. The van der Waals surface area contributed by atoms with Crippen molar-refractivity contribution in [1.29, 1.82) is 0 Å². The molecule has 3 aromatic rings. The van der Waals surface area contributed by atoms with Crippen molar-refractivity contribution in [3.63, 3.8) is 0 Å². The van der Waals surface area contributed by atoms with Gasteiger partial charge in [0, 0.05) is 43.5 Å². The van der Waals surface area contributed by atoms with E-state index in [9.17, 15) is 5.11 Å². The maximum Gasteiger partial charge on any atom is 0.231 e.